The highest BCUT2D eigenvalue weighted by Crippen LogP contribution is 2.31. The predicted octanol–water partition coefficient (Wildman–Crippen LogP) is 2.04. The lowest BCUT2D eigenvalue weighted by Gasteiger charge is -2.27. The van der Waals surface area contributed by atoms with Crippen molar-refractivity contribution in [2.45, 2.75) is 18.9 Å². The number of halogens is 1. The van der Waals surface area contributed by atoms with Crippen molar-refractivity contribution in [2.24, 2.45) is 5.73 Å². The Bertz CT molecular complexity index is 439. The zero-order valence-electron chi connectivity index (χ0n) is 9.40. The molecule has 3 N–H and O–H groups in total. The highest BCUT2D eigenvalue weighted by molar-refractivity contribution is 9.10. The highest BCUT2D eigenvalue weighted by atomic mass is 79.9. The summed E-state index contributed by atoms with van der Waals surface area (Å²) in [6, 6.07) is 6.05. The van der Waals surface area contributed by atoms with Crippen LogP contribution in [0.4, 0.5) is 5.69 Å². The average Bonchev–Trinajstić information content (AvgIpc) is 2.76. The summed E-state index contributed by atoms with van der Waals surface area (Å²) >= 11 is 8.54. The fraction of sp³-hybridized carbons (Fsp3) is 0.417. The molecule has 0 spiro atoms. The third-order valence-electron chi connectivity index (χ3n) is 3.12. The zero-order valence-corrected chi connectivity index (χ0v) is 11.8. The minimum atomic E-state index is 0.170. The van der Waals surface area contributed by atoms with E-state index in [0.717, 1.165) is 35.1 Å². The molecule has 5 heteroatoms. The van der Waals surface area contributed by atoms with E-state index >= 15 is 0 Å². The lowest BCUT2D eigenvalue weighted by Crippen LogP contribution is -2.33. The first kappa shape index (κ1) is 12.8. The van der Waals surface area contributed by atoms with E-state index in [2.05, 4.69) is 20.8 Å². The Morgan fingerprint density at radius 2 is 2.35 bits per heavy atom. The maximum Gasteiger partial charge on any atom is 0.106 e. The Kier molecular flexibility index (Phi) is 4.01. The van der Waals surface area contributed by atoms with Crippen molar-refractivity contribution in [3.8, 4) is 0 Å². The Morgan fingerprint density at radius 3 is 3.00 bits per heavy atom. The van der Waals surface area contributed by atoms with Crippen molar-refractivity contribution in [2.75, 3.05) is 18.1 Å². The van der Waals surface area contributed by atoms with Crippen molar-refractivity contribution in [1.82, 2.24) is 0 Å². The lowest BCUT2D eigenvalue weighted by atomic mass is 10.1. The molecule has 3 nitrogen and oxygen atoms in total. The minimum absolute atomic E-state index is 0.170. The monoisotopic (exact) mass is 314 g/mol. The number of nitrogens with zero attached hydrogens (tertiary/aromatic N) is 1. The largest absolute Gasteiger partial charge is 0.394 e. The van der Waals surface area contributed by atoms with Crippen LogP contribution in [0.1, 0.15) is 18.4 Å². The summed E-state index contributed by atoms with van der Waals surface area (Å²) in [4.78, 5) is 2.59. The van der Waals surface area contributed by atoms with Crippen LogP contribution < -0.4 is 10.6 Å². The molecule has 1 atom stereocenters. The maximum atomic E-state index is 9.38. The molecule has 1 fully saturated rings. The average molecular weight is 315 g/mol. The van der Waals surface area contributed by atoms with Gasteiger partial charge in [-0.15, -0.1) is 0 Å². The van der Waals surface area contributed by atoms with Gasteiger partial charge < -0.3 is 15.7 Å². The number of nitrogens with two attached hydrogens (primary N) is 1. The van der Waals surface area contributed by atoms with Crippen LogP contribution in [0.2, 0.25) is 0 Å². The molecule has 0 aromatic heterocycles. The van der Waals surface area contributed by atoms with E-state index in [9.17, 15) is 5.11 Å². The van der Waals surface area contributed by atoms with Crippen LogP contribution in [0.5, 0.6) is 0 Å². The summed E-state index contributed by atoms with van der Waals surface area (Å²) in [6.45, 7) is 1.11. The second kappa shape index (κ2) is 5.33. The number of thiocarbonyl (C=S) groups is 1. The van der Waals surface area contributed by atoms with E-state index in [1.165, 1.54) is 0 Å². The number of aliphatic hydroxyl groups is 1. The molecule has 0 saturated carbocycles. The van der Waals surface area contributed by atoms with Gasteiger partial charge in [0.1, 0.15) is 4.99 Å². The van der Waals surface area contributed by atoms with Crippen molar-refractivity contribution in [1.29, 1.82) is 0 Å². The van der Waals surface area contributed by atoms with Crippen molar-refractivity contribution in [3.05, 3.63) is 28.2 Å². The fourth-order valence-corrected chi connectivity index (χ4v) is 2.82. The van der Waals surface area contributed by atoms with Gasteiger partial charge in [-0.25, -0.2) is 0 Å². The molecule has 0 bridgehead atoms. The van der Waals surface area contributed by atoms with Crippen LogP contribution >= 0.6 is 28.1 Å². The number of anilines is 1. The SMILES string of the molecule is NC(=S)c1ccc(Br)cc1N1CCCC1CO. The molecule has 0 aliphatic carbocycles. The maximum absolute atomic E-state index is 9.38. The summed E-state index contributed by atoms with van der Waals surface area (Å²) in [5.74, 6) is 0. The van der Waals surface area contributed by atoms with Gasteiger partial charge >= 0.3 is 0 Å². The predicted molar refractivity (Wildman–Crippen MR) is 77.5 cm³/mol. The van der Waals surface area contributed by atoms with E-state index in [0.29, 0.717) is 4.99 Å². The molecule has 0 amide bonds. The van der Waals surface area contributed by atoms with Crippen molar-refractivity contribution < 1.29 is 5.11 Å². The Hall–Kier alpha value is -0.650. The van der Waals surface area contributed by atoms with E-state index in [4.69, 9.17) is 18.0 Å². The number of benzene rings is 1. The van der Waals surface area contributed by atoms with Crippen LogP contribution in [0.25, 0.3) is 0 Å². The number of aliphatic hydroxyl groups excluding tert-OH is 1. The molecule has 1 aromatic carbocycles. The minimum Gasteiger partial charge on any atom is -0.394 e. The molecule has 17 heavy (non-hydrogen) atoms. The third-order valence-corrected chi connectivity index (χ3v) is 3.84. The smallest absolute Gasteiger partial charge is 0.106 e. The van der Waals surface area contributed by atoms with Gasteiger partial charge in [0, 0.05) is 22.3 Å². The second-order valence-electron chi connectivity index (χ2n) is 4.20. The fourth-order valence-electron chi connectivity index (χ4n) is 2.29. The molecule has 92 valence electrons. The van der Waals surface area contributed by atoms with Crippen LogP contribution in [-0.4, -0.2) is 29.3 Å². The number of hydrogen-bond donors (Lipinski definition) is 2. The molecule has 1 aliphatic rings. The second-order valence-corrected chi connectivity index (χ2v) is 5.55. The van der Waals surface area contributed by atoms with E-state index in [1.54, 1.807) is 0 Å². The summed E-state index contributed by atoms with van der Waals surface area (Å²) in [5, 5.41) is 9.38. The van der Waals surface area contributed by atoms with Gasteiger partial charge in [0.15, 0.2) is 0 Å². The van der Waals surface area contributed by atoms with E-state index in [1.807, 2.05) is 18.2 Å². The van der Waals surface area contributed by atoms with E-state index < -0.39 is 0 Å². The Morgan fingerprint density at radius 1 is 1.59 bits per heavy atom. The van der Waals surface area contributed by atoms with Crippen LogP contribution in [0, 0.1) is 0 Å². The Labute approximate surface area is 115 Å². The van der Waals surface area contributed by atoms with Gasteiger partial charge in [0.05, 0.1) is 12.6 Å². The van der Waals surface area contributed by atoms with Crippen molar-refractivity contribution in [3.63, 3.8) is 0 Å². The van der Waals surface area contributed by atoms with Crippen molar-refractivity contribution >= 4 is 38.8 Å². The number of rotatable bonds is 3. The van der Waals surface area contributed by atoms with Gasteiger partial charge in [-0.2, -0.15) is 0 Å². The molecular formula is C12H15BrN2OS. The molecule has 0 radical (unpaired) electrons. The molecule has 1 aliphatic heterocycles. The van der Waals surface area contributed by atoms with Crippen LogP contribution in [-0.2, 0) is 0 Å². The zero-order chi connectivity index (χ0) is 12.4. The first-order chi connectivity index (χ1) is 8.13. The Balaban J connectivity index is 2.42. The molecule has 1 aromatic rings. The highest BCUT2D eigenvalue weighted by Gasteiger charge is 2.26. The molecular weight excluding hydrogens is 300 g/mol. The first-order valence-corrected chi connectivity index (χ1v) is 6.80. The molecule has 1 saturated heterocycles. The summed E-state index contributed by atoms with van der Waals surface area (Å²) in [7, 11) is 0. The van der Waals surface area contributed by atoms with Gasteiger partial charge in [-0.05, 0) is 31.0 Å². The van der Waals surface area contributed by atoms with Gasteiger partial charge in [0.2, 0.25) is 0 Å². The molecule has 1 heterocycles. The van der Waals surface area contributed by atoms with Gasteiger partial charge in [-0.3, -0.25) is 0 Å². The topological polar surface area (TPSA) is 49.5 Å². The first-order valence-electron chi connectivity index (χ1n) is 5.60. The lowest BCUT2D eigenvalue weighted by molar-refractivity contribution is 0.266. The summed E-state index contributed by atoms with van der Waals surface area (Å²) in [5.41, 5.74) is 7.64. The van der Waals surface area contributed by atoms with Gasteiger partial charge in [0.25, 0.3) is 0 Å². The molecule has 2 rings (SSSR count). The van der Waals surface area contributed by atoms with Crippen LogP contribution in [0.15, 0.2) is 22.7 Å². The standard InChI is InChI=1S/C12H15BrN2OS/c13-8-3-4-10(12(14)17)11(6-8)15-5-1-2-9(15)7-16/h3-4,6,9,16H,1-2,5,7H2,(H2,14,17). The summed E-state index contributed by atoms with van der Waals surface area (Å²) < 4.78 is 0.996. The van der Waals surface area contributed by atoms with Crippen LogP contribution in [0.3, 0.4) is 0 Å². The van der Waals surface area contributed by atoms with E-state index in [-0.39, 0.29) is 12.6 Å². The quantitative estimate of drug-likeness (QED) is 0.838. The molecule has 1 unspecified atom stereocenters. The number of hydrogen-bond acceptors (Lipinski definition) is 3. The third kappa shape index (κ3) is 2.61. The van der Waals surface area contributed by atoms with Gasteiger partial charge in [-0.1, -0.05) is 28.1 Å². The normalized spacial score (nSPS) is 19.6. The summed E-state index contributed by atoms with van der Waals surface area (Å²) in [6.07, 6.45) is 2.11.